The Kier molecular flexibility index (Phi) is 6.94. The van der Waals surface area contributed by atoms with E-state index in [2.05, 4.69) is 26.0 Å². The van der Waals surface area contributed by atoms with Gasteiger partial charge in [-0.1, -0.05) is 12.1 Å². The first-order chi connectivity index (χ1) is 15.6. The molecule has 4 aromatic carbocycles. The molecule has 0 heterocycles. The predicted octanol–water partition coefficient (Wildman–Crippen LogP) is 4.82. The average Bonchev–Trinajstić information content (AvgIpc) is 2.76. The van der Waals surface area contributed by atoms with Crippen molar-refractivity contribution in [3.63, 3.8) is 0 Å². The summed E-state index contributed by atoms with van der Waals surface area (Å²) in [5.74, 6) is 0. The van der Waals surface area contributed by atoms with Crippen molar-refractivity contribution in [1.29, 1.82) is 0 Å². The van der Waals surface area contributed by atoms with E-state index in [4.69, 9.17) is 22.9 Å². The van der Waals surface area contributed by atoms with Crippen LogP contribution in [0.15, 0.2) is 94.7 Å². The van der Waals surface area contributed by atoms with E-state index in [9.17, 15) is 8.42 Å². The zero-order chi connectivity index (χ0) is 24.2. The molecule has 8 N–H and O–H groups in total. The lowest BCUT2D eigenvalue weighted by molar-refractivity contribution is 0.596. The molecule has 0 aliphatic heterocycles. The van der Waals surface area contributed by atoms with Gasteiger partial charge in [0.25, 0.3) is 0 Å². The number of sulfone groups is 1. The fourth-order valence-electron chi connectivity index (χ4n) is 3.41. The molecule has 0 spiro atoms. The maximum Gasteiger partial charge on any atom is 0.206 e. The van der Waals surface area contributed by atoms with Crippen molar-refractivity contribution in [2.24, 2.45) is 0 Å². The second-order valence-electron chi connectivity index (χ2n) is 7.79. The minimum Gasteiger partial charge on any atom is -0.399 e. The smallest absolute Gasteiger partial charge is 0.206 e. The van der Waals surface area contributed by atoms with Gasteiger partial charge in [-0.3, -0.25) is 0 Å². The highest BCUT2D eigenvalue weighted by Gasteiger charge is 2.16. The topological polar surface area (TPSA) is 138 Å². The molecule has 0 aliphatic carbocycles. The van der Waals surface area contributed by atoms with Gasteiger partial charge in [0.15, 0.2) is 0 Å². The minimum atomic E-state index is -3.48. The number of benzene rings is 4. The van der Waals surface area contributed by atoms with Gasteiger partial charge < -0.3 is 22.9 Å². The molecule has 0 unspecified atom stereocenters. The van der Waals surface area contributed by atoms with E-state index < -0.39 is 9.84 Å². The third kappa shape index (κ3) is 5.64. The van der Waals surface area contributed by atoms with Crippen molar-refractivity contribution in [3.05, 3.63) is 96.1 Å². The monoisotopic (exact) mass is 460 g/mol. The standard InChI is InChI=1S/C14H16N2.C12H12N2O2S/c1-9-7-11(15)3-5-13(9)14-6-4-12(16)8-10(14)2;13-9-1-5-11(6-2-9)17(15,16)12-7-3-10(14)4-8-12/h3-8H,15-16H2,1-2H3;1-8H,13-14H2. The van der Waals surface area contributed by atoms with Crippen LogP contribution in [0, 0.1) is 13.8 Å². The van der Waals surface area contributed by atoms with E-state index in [1.807, 2.05) is 24.3 Å². The first-order valence-electron chi connectivity index (χ1n) is 10.3. The van der Waals surface area contributed by atoms with Gasteiger partial charge in [0, 0.05) is 22.7 Å². The third-order valence-electron chi connectivity index (χ3n) is 5.17. The van der Waals surface area contributed by atoms with Crippen molar-refractivity contribution in [2.45, 2.75) is 23.6 Å². The zero-order valence-corrected chi connectivity index (χ0v) is 19.4. The lowest BCUT2D eigenvalue weighted by Gasteiger charge is -2.10. The fourth-order valence-corrected chi connectivity index (χ4v) is 4.67. The van der Waals surface area contributed by atoms with Crippen LogP contribution in [0.4, 0.5) is 22.7 Å². The number of nitrogen functional groups attached to an aromatic ring is 4. The van der Waals surface area contributed by atoms with E-state index >= 15 is 0 Å². The molecular weight excluding hydrogens is 432 g/mol. The molecule has 4 aromatic rings. The summed E-state index contributed by atoms with van der Waals surface area (Å²) >= 11 is 0. The molecule has 0 radical (unpaired) electrons. The summed E-state index contributed by atoms with van der Waals surface area (Å²) in [4.78, 5) is 0.438. The number of hydrogen-bond donors (Lipinski definition) is 4. The van der Waals surface area contributed by atoms with Crippen LogP contribution >= 0.6 is 0 Å². The summed E-state index contributed by atoms with van der Waals surface area (Å²) in [5.41, 5.74) is 30.0. The first-order valence-corrected chi connectivity index (χ1v) is 11.7. The van der Waals surface area contributed by atoms with E-state index in [0.717, 1.165) is 11.4 Å². The van der Waals surface area contributed by atoms with Gasteiger partial charge in [0.1, 0.15) is 0 Å². The predicted molar refractivity (Wildman–Crippen MR) is 137 cm³/mol. The summed E-state index contributed by atoms with van der Waals surface area (Å²) in [7, 11) is -3.48. The van der Waals surface area contributed by atoms with Gasteiger partial charge in [0.05, 0.1) is 9.79 Å². The number of anilines is 4. The summed E-state index contributed by atoms with van der Waals surface area (Å²) in [6.45, 7) is 4.14. The third-order valence-corrected chi connectivity index (χ3v) is 6.96. The molecule has 7 heteroatoms. The lowest BCUT2D eigenvalue weighted by atomic mass is 9.96. The number of nitrogens with two attached hydrogens (primary N) is 4. The maximum atomic E-state index is 12.2. The molecule has 0 saturated heterocycles. The normalized spacial score (nSPS) is 10.8. The van der Waals surface area contributed by atoms with Gasteiger partial charge in [-0.15, -0.1) is 0 Å². The lowest BCUT2D eigenvalue weighted by Crippen LogP contribution is -2.02. The molecule has 0 aliphatic rings. The summed E-state index contributed by atoms with van der Waals surface area (Å²) in [6.07, 6.45) is 0. The molecule has 0 aromatic heterocycles. The molecule has 0 amide bonds. The fraction of sp³-hybridized carbons (Fsp3) is 0.0769. The van der Waals surface area contributed by atoms with Crippen molar-refractivity contribution < 1.29 is 8.42 Å². The van der Waals surface area contributed by atoms with Crippen LogP contribution in [0.3, 0.4) is 0 Å². The molecule has 0 atom stereocenters. The van der Waals surface area contributed by atoms with Crippen LogP contribution in [0.1, 0.15) is 11.1 Å². The molecule has 4 rings (SSSR count). The van der Waals surface area contributed by atoms with Crippen molar-refractivity contribution in [1.82, 2.24) is 0 Å². The Labute approximate surface area is 194 Å². The van der Waals surface area contributed by atoms with Crippen LogP contribution in [0.5, 0.6) is 0 Å². The SMILES string of the molecule is Cc1cc(N)ccc1-c1ccc(N)cc1C.Nc1ccc(S(=O)(=O)c2ccc(N)cc2)cc1. The quantitative estimate of drug-likeness (QED) is 0.323. The van der Waals surface area contributed by atoms with E-state index in [0.29, 0.717) is 11.4 Å². The second kappa shape index (κ2) is 9.67. The Hall–Kier alpha value is -3.97. The Morgan fingerprint density at radius 3 is 1.09 bits per heavy atom. The number of aryl methyl sites for hydroxylation is 2. The minimum absolute atomic E-state index is 0.219. The summed E-state index contributed by atoms with van der Waals surface area (Å²) < 4.78 is 24.3. The highest BCUT2D eigenvalue weighted by atomic mass is 32.2. The largest absolute Gasteiger partial charge is 0.399 e. The summed E-state index contributed by atoms with van der Waals surface area (Å²) in [5, 5.41) is 0. The molecule has 33 heavy (non-hydrogen) atoms. The Morgan fingerprint density at radius 1 is 0.485 bits per heavy atom. The van der Waals surface area contributed by atoms with Crippen molar-refractivity contribution in [3.8, 4) is 11.1 Å². The first kappa shape index (κ1) is 23.7. The van der Waals surface area contributed by atoms with Crippen LogP contribution in [0.2, 0.25) is 0 Å². The molecule has 170 valence electrons. The van der Waals surface area contributed by atoms with Crippen LogP contribution in [-0.4, -0.2) is 8.42 Å². The van der Waals surface area contributed by atoms with Gasteiger partial charge in [-0.25, -0.2) is 8.42 Å². The maximum absolute atomic E-state index is 12.2. The van der Waals surface area contributed by atoms with E-state index in [1.54, 1.807) is 24.3 Å². The molecule has 6 nitrogen and oxygen atoms in total. The highest BCUT2D eigenvalue weighted by Crippen LogP contribution is 2.29. The van der Waals surface area contributed by atoms with Gasteiger partial charge >= 0.3 is 0 Å². The number of rotatable bonds is 3. The zero-order valence-electron chi connectivity index (χ0n) is 18.6. The van der Waals surface area contributed by atoms with Crippen molar-refractivity contribution in [2.75, 3.05) is 22.9 Å². The second-order valence-corrected chi connectivity index (χ2v) is 9.74. The Bertz CT molecular complexity index is 1260. The van der Waals surface area contributed by atoms with Crippen LogP contribution in [0.25, 0.3) is 11.1 Å². The molecule has 0 saturated carbocycles. The van der Waals surface area contributed by atoms with E-state index in [-0.39, 0.29) is 9.79 Å². The van der Waals surface area contributed by atoms with Gasteiger partial charge in [-0.05, 0) is 109 Å². The summed E-state index contributed by atoms with van der Waals surface area (Å²) in [6, 6.07) is 24.1. The van der Waals surface area contributed by atoms with Crippen molar-refractivity contribution >= 4 is 32.6 Å². The molecule has 0 bridgehead atoms. The van der Waals surface area contributed by atoms with Crippen LogP contribution in [-0.2, 0) is 9.84 Å². The Morgan fingerprint density at radius 2 is 0.788 bits per heavy atom. The highest BCUT2D eigenvalue weighted by molar-refractivity contribution is 7.91. The molecular formula is C26H28N4O2S. The average molecular weight is 461 g/mol. The van der Waals surface area contributed by atoms with Gasteiger partial charge in [0.2, 0.25) is 9.84 Å². The van der Waals surface area contributed by atoms with Crippen LogP contribution < -0.4 is 22.9 Å². The van der Waals surface area contributed by atoms with Gasteiger partial charge in [-0.2, -0.15) is 0 Å². The Balaban J connectivity index is 0.000000186. The molecule has 0 fully saturated rings. The van der Waals surface area contributed by atoms with E-state index in [1.165, 1.54) is 46.5 Å². The number of hydrogen-bond acceptors (Lipinski definition) is 6.